The Morgan fingerprint density at radius 3 is 2.73 bits per heavy atom. The van der Waals surface area contributed by atoms with E-state index < -0.39 is 48.0 Å². The summed E-state index contributed by atoms with van der Waals surface area (Å²) in [5.41, 5.74) is -0.642. The summed E-state index contributed by atoms with van der Waals surface area (Å²) in [6.07, 6.45) is -2.31. The Balaban J connectivity index is 1.76. The van der Waals surface area contributed by atoms with Gasteiger partial charge in [-0.2, -0.15) is 0 Å². The largest absolute Gasteiger partial charge is 0.462 e. The van der Waals surface area contributed by atoms with Gasteiger partial charge in [0.2, 0.25) is 0 Å². The molecule has 0 aromatic rings. The van der Waals surface area contributed by atoms with Gasteiger partial charge in [0.1, 0.15) is 30.5 Å². The molecule has 0 aromatic heterocycles. The van der Waals surface area contributed by atoms with Crippen LogP contribution in [0.4, 0.5) is 0 Å². The van der Waals surface area contributed by atoms with E-state index in [1.54, 1.807) is 6.92 Å². The maximum Gasteiger partial charge on any atom is 0.337 e. The molecule has 0 spiro atoms. The summed E-state index contributed by atoms with van der Waals surface area (Å²) in [5, 5.41) is 20.5. The van der Waals surface area contributed by atoms with Crippen LogP contribution in [0.3, 0.4) is 0 Å². The number of carbonyl (C=O) groups excluding carboxylic acids is 2. The first-order valence-corrected chi connectivity index (χ1v) is 7.49. The van der Waals surface area contributed by atoms with Crippen LogP contribution in [-0.4, -0.2) is 58.3 Å². The second-order valence-electron chi connectivity index (χ2n) is 6.82. The van der Waals surface area contributed by atoms with Crippen LogP contribution >= 0.6 is 0 Å². The molecule has 2 N–H and O–H groups in total. The first kappa shape index (κ1) is 14.2. The van der Waals surface area contributed by atoms with Crippen molar-refractivity contribution in [3.8, 4) is 0 Å². The third-order valence-electron chi connectivity index (χ3n) is 5.35. The van der Waals surface area contributed by atoms with Gasteiger partial charge in [0.25, 0.3) is 0 Å². The zero-order chi connectivity index (χ0) is 15.8. The number of ether oxygens (including phenoxy) is 3. The van der Waals surface area contributed by atoms with Gasteiger partial charge in [-0.25, -0.2) is 4.79 Å². The Kier molecular flexibility index (Phi) is 2.77. The van der Waals surface area contributed by atoms with E-state index in [4.69, 9.17) is 14.2 Å². The molecule has 0 radical (unpaired) electrons. The average molecular weight is 310 g/mol. The van der Waals surface area contributed by atoms with Crippen LogP contribution in [0.15, 0.2) is 11.6 Å². The van der Waals surface area contributed by atoms with Crippen LogP contribution in [0.1, 0.15) is 20.3 Å². The van der Waals surface area contributed by atoms with Gasteiger partial charge in [0.15, 0.2) is 0 Å². The number of carbonyl (C=O) groups is 2. The van der Waals surface area contributed by atoms with E-state index in [-0.39, 0.29) is 17.5 Å². The zero-order valence-electron chi connectivity index (χ0n) is 12.3. The molecule has 2 bridgehead atoms. The van der Waals surface area contributed by atoms with Gasteiger partial charge < -0.3 is 24.4 Å². The third kappa shape index (κ3) is 1.79. The van der Waals surface area contributed by atoms with Crippen molar-refractivity contribution in [1.82, 2.24) is 0 Å². The van der Waals surface area contributed by atoms with Crippen molar-refractivity contribution in [3.05, 3.63) is 11.6 Å². The van der Waals surface area contributed by atoms with Crippen molar-refractivity contribution < 1.29 is 34.0 Å². The molecule has 7 nitrogen and oxygen atoms in total. The molecule has 3 aliphatic heterocycles. The number of fused-ring (bicyclic) bond motifs is 4. The monoisotopic (exact) mass is 310 g/mol. The lowest BCUT2D eigenvalue weighted by atomic mass is 9.80. The summed E-state index contributed by atoms with van der Waals surface area (Å²) in [5.74, 6) is -1.70. The highest BCUT2D eigenvalue weighted by Gasteiger charge is 2.63. The minimum Gasteiger partial charge on any atom is -0.462 e. The second kappa shape index (κ2) is 4.31. The Hall–Kier alpha value is -1.44. The van der Waals surface area contributed by atoms with Crippen LogP contribution in [0.25, 0.3) is 0 Å². The van der Waals surface area contributed by atoms with Crippen LogP contribution < -0.4 is 0 Å². The first-order chi connectivity index (χ1) is 10.3. The van der Waals surface area contributed by atoms with E-state index in [1.165, 1.54) is 6.08 Å². The maximum absolute atomic E-state index is 12.0. The van der Waals surface area contributed by atoms with Crippen molar-refractivity contribution in [3.63, 3.8) is 0 Å². The number of aliphatic hydroxyl groups is 2. The van der Waals surface area contributed by atoms with Crippen LogP contribution in [0.5, 0.6) is 0 Å². The normalized spacial score (nSPS) is 53.1. The predicted molar refractivity (Wildman–Crippen MR) is 70.4 cm³/mol. The molecule has 0 amide bonds. The number of esters is 2. The highest BCUT2D eigenvalue weighted by Crippen LogP contribution is 2.49. The highest BCUT2D eigenvalue weighted by atomic mass is 16.6. The third-order valence-corrected chi connectivity index (χ3v) is 5.35. The lowest BCUT2D eigenvalue weighted by Gasteiger charge is -2.25. The number of hydrogen-bond acceptors (Lipinski definition) is 7. The van der Waals surface area contributed by atoms with Crippen LogP contribution in [-0.2, 0) is 23.8 Å². The lowest BCUT2D eigenvalue weighted by molar-refractivity contribution is -0.144. The summed E-state index contributed by atoms with van der Waals surface area (Å²) < 4.78 is 16.3. The minimum atomic E-state index is -1.35. The molecule has 1 aliphatic carbocycles. The van der Waals surface area contributed by atoms with E-state index in [2.05, 4.69) is 0 Å². The van der Waals surface area contributed by atoms with Gasteiger partial charge in [-0.3, -0.25) is 4.79 Å². The Morgan fingerprint density at radius 2 is 2.00 bits per heavy atom. The molecule has 2 saturated heterocycles. The molecule has 0 unspecified atom stereocenters. The van der Waals surface area contributed by atoms with Crippen molar-refractivity contribution >= 4 is 11.9 Å². The van der Waals surface area contributed by atoms with Gasteiger partial charge >= 0.3 is 11.9 Å². The fourth-order valence-electron chi connectivity index (χ4n) is 3.97. The van der Waals surface area contributed by atoms with Crippen molar-refractivity contribution in [2.75, 3.05) is 0 Å². The minimum absolute atomic E-state index is 0.0301. The molecule has 8 atom stereocenters. The summed E-state index contributed by atoms with van der Waals surface area (Å²) in [6, 6.07) is 0. The molecule has 22 heavy (non-hydrogen) atoms. The zero-order valence-corrected chi connectivity index (χ0v) is 12.3. The van der Waals surface area contributed by atoms with Crippen molar-refractivity contribution in [2.24, 2.45) is 11.8 Å². The summed E-state index contributed by atoms with van der Waals surface area (Å²) in [4.78, 5) is 23.9. The van der Waals surface area contributed by atoms with Gasteiger partial charge in [-0.1, -0.05) is 6.92 Å². The first-order valence-electron chi connectivity index (χ1n) is 7.49. The smallest absolute Gasteiger partial charge is 0.337 e. The standard InChI is InChI=1S/C15H18O7/c1-5-9-7-3-6(14(19)20-7)10(16)11(17)12-15(2,22-12)4-8(9)21-13(5)18/h3,5,7-12,16-17H,4H2,1-2H3/t5-,7-,8+,9+,10-,11-,12-,15+/m1/s1. The fourth-order valence-corrected chi connectivity index (χ4v) is 3.97. The summed E-state index contributed by atoms with van der Waals surface area (Å²) >= 11 is 0. The topological polar surface area (TPSA) is 106 Å². The molecule has 7 heteroatoms. The highest BCUT2D eigenvalue weighted by molar-refractivity contribution is 5.92. The molecule has 120 valence electrons. The second-order valence-corrected chi connectivity index (χ2v) is 6.82. The SMILES string of the molecule is C[C@H]1C(=O)O[C@H]2C[C@]3(C)O[C@@H]3[C@H](O)[C@H](O)C3=C[C@@H](OC3=O)[C@@H]21. The molecule has 4 aliphatic rings. The van der Waals surface area contributed by atoms with E-state index in [0.29, 0.717) is 6.42 Å². The molecule has 4 rings (SSSR count). The van der Waals surface area contributed by atoms with Gasteiger partial charge in [0, 0.05) is 12.3 Å². The Labute approximate surface area is 126 Å². The maximum atomic E-state index is 12.0. The quantitative estimate of drug-likeness (QED) is 0.450. The fraction of sp³-hybridized carbons (Fsp3) is 0.733. The van der Waals surface area contributed by atoms with E-state index in [1.807, 2.05) is 6.92 Å². The molecular weight excluding hydrogens is 292 g/mol. The van der Waals surface area contributed by atoms with Gasteiger partial charge in [-0.15, -0.1) is 0 Å². The molecule has 0 saturated carbocycles. The summed E-state index contributed by atoms with van der Waals surface area (Å²) in [7, 11) is 0. The van der Waals surface area contributed by atoms with Crippen LogP contribution in [0, 0.1) is 11.8 Å². The van der Waals surface area contributed by atoms with Crippen molar-refractivity contribution in [1.29, 1.82) is 0 Å². The van der Waals surface area contributed by atoms with Crippen LogP contribution in [0.2, 0.25) is 0 Å². The predicted octanol–water partition coefficient (Wildman–Crippen LogP) is -0.701. The van der Waals surface area contributed by atoms with Crippen molar-refractivity contribution in [2.45, 2.75) is 56.4 Å². The molecule has 3 heterocycles. The number of rotatable bonds is 0. The van der Waals surface area contributed by atoms with E-state index in [9.17, 15) is 19.8 Å². The van der Waals surface area contributed by atoms with Gasteiger partial charge in [-0.05, 0) is 13.0 Å². The lowest BCUT2D eigenvalue weighted by Crippen LogP contribution is -2.39. The van der Waals surface area contributed by atoms with E-state index in [0.717, 1.165) is 0 Å². The average Bonchev–Trinajstić information content (AvgIpc) is 2.83. The summed E-state index contributed by atoms with van der Waals surface area (Å²) in [6.45, 7) is 3.55. The van der Waals surface area contributed by atoms with E-state index >= 15 is 0 Å². The van der Waals surface area contributed by atoms with Gasteiger partial charge in [0.05, 0.1) is 17.1 Å². The number of hydrogen-bond donors (Lipinski definition) is 2. The molecule has 2 fully saturated rings. The molecular formula is C15H18O7. The molecule has 0 aromatic carbocycles. The Bertz CT molecular complexity index is 584. The Morgan fingerprint density at radius 1 is 1.27 bits per heavy atom. The number of aliphatic hydroxyl groups excluding tert-OH is 2. The number of epoxide rings is 1.